The zero-order valence-electron chi connectivity index (χ0n) is 10.3. The summed E-state index contributed by atoms with van der Waals surface area (Å²) in [6.07, 6.45) is 1.55. The van der Waals surface area contributed by atoms with Gasteiger partial charge in [0.1, 0.15) is 17.1 Å². The first-order chi connectivity index (χ1) is 8.59. The SMILES string of the molecule is Cc1cc(N(C)c2ccccc2C(N)=S)ncn1. The van der Waals surface area contributed by atoms with Gasteiger partial charge in [0.25, 0.3) is 0 Å². The largest absolute Gasteiger partial charge is 0.389 e. The summed E-state index contributed by atoms with van der Waals surface area (Å²) in [5.74, 6) is 0.811. The summed E-state index contributed by atoms with van der Waals surface area (Å²) in [7, 11) is 1.93. The van der Waals surface area contributed by atoms with Crippen LogP contribution in [-0.4, -0.2) is 22.0 Å². The molecule has 0 saturated heterocycles. The van der Waals surface area contributed by atoms with E-state index in [1.54, 1.807) is 6.33 Å². The zero-order chi connectivity index (χ0) is 13.1. The van der Waals surface area contributed by atoms with Crippen LogP contribution in [0.25, 0.3) is 0 Å². The van der Waals surface area contributed by atoms with Crippen molar-refractivity contribution >= 4 is 28.7 Å². The van der Waals surface area contributed by atoms with Gasteiger partial charge in [-0.15, -0.1) is 0 Å². The normalized spacial score (nSPS) is 10.1. The molecule has 18 heavy (non-hydrogen) atoms. The van der Waals surface area contributed by atoms with E-state index in [-0.39, 0.29) is 0 Å². The second kappa shape index (κ2) is 5.10. The van der Waals surface area contributed by atoms with Gasteiger partial charge >= 0.3 is 0 Å². The molecule has 0 radical (unpaired) electrons. The summed E-state index contributed by atoms with van der Waals surface area (Å²) in [6, 6.07) is 9.64. The molecule has 0 unspecified atom stereocenters. The molecule has 0 aliphatic carbocycles. The van der Waals surface area contributed by atoms with Crippen LogP contribution in [0.2, 0.25) is 0 Å². The monoisotopic (exact) mass is 258 g/mol. The van der Waals surface area contributed by atoms with Gasteiger partial charge in [-0.25, -0.2) is 9.97 Å². The van der Waals surface area contributed by atoms with E-state index in [9.17, 15) is 0 Å². The molecule has 0 aliphatic rings. The van der Waals surface area contributed by atoms with Crippen LogP contribution in [-0.2, 0) is 0 Å². The molecule has 2 aromatic rings. The van der Waals surface area contributed by atoms with Gasteiger partial charge < -0.3 is 10.6 Å². The van der Waals surface area contributed by atoms with Crippen molar-refractivity contribution in [1.82, 2.24) is 9.97 Å². The van der Waals surface area contributed by atoms with Crippen molar-refractivity contribution in [3.8, 4) is 0 Å². The molecular weight excluding hydrogens is 244 g/mol. The molecule has 1 aromatic carbocycles. The molecule has 0 fully saturated rings. The lowest BCUT2D eigenvalue weighted by atomic mass is 10.1. The Balaban J connectivity index is 2.46. The first-order valence-corrected chi connectivity index (χ1v) is 5.91. The van der Waals surface area contributed by atoms with E-state index < -0.39 is 0 Å². The Kier molecular flexibility index (Phi) is 3.53. The zero-order valence-corrected chi connectivity index (χ0v) is 11.1. The third-order valence-electron chi connectivity index (χ3n) is 2.66. The molecule has 92 valence electrons. The second-order valence-electron chi connectivity index (χ2n) is 3.96. The summed E-state index contributed by atoms with van der Waals surface area (Å²) < 4.78 is 0. The fourth-order valence-electron chi connectivity index (χ4n) is 1.72. The van der Waals surface area contributed by atoms with Crippen LogP contribution in [0.5, 0.6) is 0 Å². The van der Waals surface area contributed by atoms with Crippen molar-refractivity contribution in [3.05, 3.63) is 47.9 Å². The number of para-hydroxylation sites is 1. The Morgan fingerprint density at radius 1 is 1.28 bits per heavy atom. The number of rotatable bonds is 3. The quantitative estimate of drug-likeness (QED) is 0.855. The van der Waals surface area contributed by atoms with E-state index in [1.165, 1.54) is 0 Å². The van der Waals surface area contributed by atoms with Crippen LogP contribution >= 0.6 is 12.2 Å². The van der Waals surface area contributed by atoms with E-state index in [0.717, 1.165) is 22.8 Å². The third-order valence-corrected chi connectivity index (χ3v) is 2.88. The van der Waals surface area contributed by atoms with E-state index in [4.69, 9.17) is 18.0 Å². The summed E-state index contributed by atoms with van der Waals surface area (Å²) >= 11 is 5.06. The predicted molar refractivity (Wildman–Crippen MR) is 77.2 cm³/mol. The number of hydrogen-bond acceptors (Lipinski definition) is 4. The van der Waals surface area contributed by atoms with Crippen LogP contribution < -0.4 is 10.6 Å². The number of nitrogens with two attached hydrogens (primary N) is 1. The number of thiocarbonyl (C=S) groups is 1. The highest BCUT2D eigenvalue weighted by molar-refractivity contribution is 7.80. The fraction of sp³-hybridized carbons (Fsp3) is 0.154. The van der Waals surface area contributed by atoms with Crippen molar-refractivity contribution in [1.29, 1.82) is 0 Å². The highest BCUT2D eigenvalue weighted by atomic mass is 32.1. The van der Waals surface area contributed by atoms with E-state index >= 15 is 0 Å². The van der Waals surface area contributed by atoms with Crippen molar-refractivity contribution in [3.63, 3.8) is 0 Å². The Morgan fingerprint density at radius 3 is 2.67 bits per heavy atom. The van der Waals surface area contributed by atoms with Crippen LogP contribution in [0, 0.1) is 6.92 Å². The average Bonchev–Trinajstić information content (AvgIpc) is 2.38. The molecule has 1 heterocycles. The Morgan fingerprint density at radius 2 is 2.00 bits per heavy atom. The number of aryl methyl sites for hydroxylation is 1. The standard InChI is InChI=1S/C13H14N4S/c1-9-7-12(16-8-15-9)17(2)11-6-4-3-5-10(11)13(14)18/h3-8H,1-2H3,(H2,14,18). The lowest BCUT2D eigenvalue weighted by Crippen LogP contribution is -2.18. The lowest BCUT2D eigenvalue weighted by molar-refractivity contribution is 1.05. The van der Waals surface area contributed by atoms with E-state index in [1.807, 2.05) is 49.2 Å². The van der Waals surface area contributed by atoms with Crippen LogP contribution in [0.1, 0.15) is 11.3 Å². The fourth-order valence-corrected chi connectivity index (χ4v) is 1.89. The number of anilines is 2. The molecule has 0 bridgehead atoms. The first-order valence-electron chi connectivity index (χ1n) is 5.51. The van der Waals surface area contributed by atoms with Gasteiger partial charge in [-0.3, -0.25) is 0 Å². The third kappa shape index (κ3) is 2.46. The Hall–Kier alpha value is -2.01. The second-order valence-corrected chi connectivity index (χ2v) is 4.40. The lowest BCUT2D eigenvalue weighted by Gasteiger charge is -2.21. The van der Waals surface area contributed by atoms with Gasteiger partial charge in [-0.2, -0.15) is 0 Å². The number of benzene rings is 1. The van der Waals surface area contributed by atoms with Gasteiger partial charge in [-0.05, 0) is 19.1 Å². The molecule has 1 aromatic heterocycles. The maximum Gasteiger partial charge on any atom is 0.136 e. The highest BCUT2D eigenvalue weighted by Gasteiger charge is 2.11. The van der Waals surface area contributed by atoms with E-state index in [2.05, 4.69) is 9.97 Å². The summed E-state index contributed by atoms with van der Waals surface area (Å²) in [6.45, 7) is 1.93. The van der Waals surface area contributed by atoms with Crippen molar-refractivity contribution < 1.29 is 0 Å². The molecule has 5 heteroatoms. The molecule has 0 atom stereocenters. The maximum absolute atomic E-state index is 5.73. The molecule has 0 spiro atoms. The molecule has 0 aliphatic heterocycles. The first kappa shape index (κ1) is 12.4. The summed E-state index contributed by atoms with van der Waals surface area (Å²) in [4.78, 5) is 10.7. The van der Waals surface area contributed by atoms with Crippen LogP contribution in [0.15, 0.2) is 36.7 Å². The highest BCUT2D eigenvalue weighted by Crippen LogP contribution is 2.25. The smallest absolute Gasteiger partial charge is 0.136 e. The topological polar surface area (TPSA) is 55.0 Å². The number of nitrogens with zero attached hydrogens (tertiary/aromatic N) is 3. The molecule has 4 nitrogen and oxygen atoms in total. The van der Waals surface area contributed by atoms with E-state index in [0.29, 0.717) is 4.99 Å². The summed E-state index contributed by atoms with van der Waals surface area (Å²) in [5.41, 5.74) is 8.42. The number of aromatic nitrogens is 2. The molecule has 2 N–H and O–H groups in total. The molecular formula is C13H14N4S. The minimum atomic E-state index is 0.378. The van der Waals surface area contributed by atoms with Gasteiger partial charge in [0.15, 0.2) is 0 Å². The molecule has 2 rings (SSSR count). The average molecular weight is 258 g/mol. The minimum absolute atomic E-state index is 0.378. The van der Waals surface area contributed by atoms with Gasteiger partial charge in [0, 0.05) is 24.4 Å². The molecule has 0 amide bonds. The van der Waals surface area contributed by atoms with Crippen molar-refractivity contribution in [2.75, 3.05) is 11.9 Å². The maximum atomic E-state index is 5.73. The van der Waals surface area contributed by atoms with Crippen molar-refractivity contribution in [2.45, 2.75) is 6.92 Å². The van der Waals surface area contributed by atoms with Crippen molar-refractivity contribution in [2.24, 2.45) is 5.73 Å². The van der Waals surface area contributed by atoms with Gasteiger partial charge in [-0.1, -0.05) is 24.4 Å². The molecule has 0 saturated carbocycles. The Bertz CT molecular complexity index is 583. The predicted octanol–water partition coefficient (Wildman–Crippen LogP) is 2.19. The number of hydrogen-bond donors (Lipinski definition) is 1. The van der Waals surface area contributed by atoms with Crippen LogP contribution in [0.4, 0.5) is 11.5 Å². The summed E-state index contributed by atoms with van der Waals surface area (Å²) in [5, 5.41) is 0. The van der Waals surface area contributed by atoms with Gasteiger partial charge in [0.2, 0.25) is 0 Å². The Labute approximate surface area is 111 Å². The minimum Gasteiger partial charge on any atom is -0.389 e. The van der Waals surface area contributed by atoms with Gasteiger partial charge in [0.05, 0.1) is 5.69 Å². The van der Waals surface area contributed by atoms with Crippen LogP contribution in [0.3, 0.4) is 0 Å².